The first kappa shape index (κ1) is 25.2. The number of guanidine groups is 1. The van der Waals surface area contributed by atoms with Gasteiger partial charge in [-0.05, 0) is 50.0 Å². The van der Waals surface area contributed by atoms with Gasteiger partial charge in [0.2, 0.25) is 0 Å². The van der Waals surface area contributed by atoms with E-state index < -0.39 is 0 Å². The molecule has 3 aromatic rings. The van der Waals surface area contributed by atoms with Crippen molar-refractivity contribution in [2.45, 2.75) is 33.4 Å². The zero-order chi connectivity index (χ0) is 21.3. The Kier molecular flexibility index (Phi) is 10.3. The number of benzene rings is 1. The summed E-state index contributed by atoms with van der Waals surface area (Å²) in [5, 5.41) is 19.7. The second-order valence-electron chi connectivity index (χ2n) is 7.04. The molecule has 0 aliphatic rings. The number of nitrogens with one attached hydrogen (secondary N) is 2. The standard InChI is InChI=1S/C21H30N8S.HI/c1-16-10-12-29(27-16)19-9-6-5-8-18(19)14-23-21(22-11-7-13-30-4)24-15-20-26-25-17(2)28(20)3;/h5-6,8-10,12H,7,11,13-15H2,1-4H3,(H2,22,23,24);1H. The van der Waals surface area contributed by atoms with E-state index >= 15 is 0 Å². The molecule has 0 aliphatic heterocycles. The van der Waals surface area contributed by atoms with Gasteiger partial charge in [-0.1, -0.05) is 18.2 Å². The van der Waals surface area contributed by atoms with E-state index in [0.29, 0.717) is 13.1 Å². The minimum atomic E-state index is 0. The van der Waals surface area contributed by atoms with Crippen LogP contribution in [0.4, 0.5) is 0 Å². The smallest absolute Gasteiger partial charge is 0.191 e. The van der Waals surface area contributed by atoms with E-state index in [0.717, 1.165) is 53.3 Å². The van der Waals surface area contributed by atoms with E-state index in [4.69, 9.17) is 4.99 Å². The van der Waals surface area contributed by atoms with Gasteiger partial charge in [0, 0.05) is 19.8 Å². The summed E-state index contributed by atoms with van der Waals surface area (Å²) in [6.45, 7) is 5.91. The number of hydrogen-bond donors (Lipinski definition) is 2. The van der Waals surface area contributed by atoms with Crippen molar-refractivity contribution in [3.8, 4) is 5.69 Å². The molecule has 8 nitrogen and oxygen atoms in total. The van der Waals surface area contributed by atoms with E-state index in [9.17, 15) is 0 Å². The molecule has 31 heavy (non-hydrogen) atoms. The van der Waals surface area contributed by atoms with Crippen molar-refractivity contribution >= 4 is 41.7 Å². The van der Waals surface area contributed by atoms with E-state index in [1.165, 1.54) is 0 Å². The van der Waals surface area contributed by atoms with Gasteiger partial charge in [-0.25, -0.2) is 9.67 Å². The predicted octanol–water partition coefficient (Wildman–Crippen LogP) is 3.22. The van der Waals surface area contributed by atoms with Gasteiger partial charge in [0.25, 0.3) is 0 Å². The summed E-state index contributed by atoms with van der Waals surface area (Å²) in [7, 11) is 1.97. The Balaban J connectivity index is 0.00000341. The average molecular weight is 555 g/mol. The van der Waals surface area contributed by atoms with Gasteiger partial charge in [-0.2, -0.15) is 16.9 Å². The monoisotopic (exact) mass is 554 g/mol. The lowest BCUT2D eigenvalue weighted by molar-refractivity contribution is 0.710. The molecule has 0 spiro atoms. The number of aromatic nitrogens is 5. The summed E-state index contributed by atoms with van der Waals surface area (Å²) in [5.41, 5.74) is 3.14. The molecule has 10 heteroatoms. The van der Waals surface area contributed by atoms with Crippen LogP contribution in [0.3, 0.4) is 0 Å². The average Bonchev–Trinajstić information content (AvgIpc) is 3.32. The zero-order valence-corrected chi connectivity index (χ0v) is 21.6. The topological polar surface area (TPSA) is 84.9 Å². The highest BCUT2D eigenvalue weighted by Crippen LogP contribution is 2.15. The Bertz CT molecular complexity index is 981. The van der Waals surface area contributed by atoms with E-state index in [-0.39, 0.29) is 24.0 Å². The molecular formula is C21H31IN8S. The van der Waals surface area contributed by atoms with Crippen LogP contribution < -0.4 is 10.6 Å². The Morgan fingerprint density at radius 3 is 2.61 bits per heavy atom. The number of aliphatic imine (C=N–C) groups is 1. The van der Waals surface area contributed by atoms with Gasteiger partial charge < -0.3 is 15.2 Å². The molecular weight excluding hydrogens is 523 g/mol. The van der Waals surface area contributed by atoms with Crippen LogP contribution in [0.5, 0.6) is 0 Å². The number of rotatable bonds is 9. The fourth-order valence-corrected chi connectivity index (χ4v) is 3.38. The van der Waals surface area contributed by atoms with E-state index in [1.54, 1.807) is 0 Å². The molecule has 0 atom stereocenters. The van der Waals surface area contributed by atoms with Gasteiger partial charge in [0.1, 0.15) is 5.82 Å². The summed E-state index contributed by atoms with van der Waals surface area (Å²) in [6.07, 6.45) is 5.18. The van der Waals surface area contributed by atoms with Crippen LogP contribution in [0.1, 0.15) is 29.3 Å². The van der Waals surface area contributed by atoms with Crippen molar-refractivity contribution in [1.29, 1.82) is 0 Å². The van der Waals surface area contributed by atoms with Crippen molar-refractivity contribution in [2.75, 3.05) is 18.6 Å². The highest BCUT2D eigenvalue weighted by atomic mass is 127. The third kappa shape index (κ3) is 7.23. The Hall–Kier alpha value is -2.08. The second kappa shape index (κ2) is 12.7. The van der Waals surface area contributed by atoms with Crippen molar-refractivity contribution in [3.05, 3.63) is 59.4 Å². The Morgan fingerprint density at radius 2 is 1.94 bits per heavy atom. The fourth-order valence-electron chi connectivity index (χ4n) is 2.95. The fraction of sp³-hybridized carbons (Fsp3) is 0.429. The third-order valence-corrected chi connectivity index (χ3v) is 5.48. The maximum absolute atomic E-state index is 4.83. The van der Waals surface area contributed by atoms with Crippen LogP contribution in [0.2, 0.25) is 0 Å². The van der Waals surface area contributed by atoms with Gasteiger partial charge in [-0.3, -0.25) is 0 Å². The normalized spacial score (nSPS) is 11.3. The number of nitrogens with zero attached hydrogens (tertiary/aromatic N) is 6. The first-order valence-corrected chi connectivity index (χ1v) is 11.4. The van der Waals surface area contributed by atoms with Crippen LogP contribution in [0, 0.1) is 13.8 Å². The largest absolute Gasteiger partial charge is 0.356 e. The molecule has 0 saturated carbocycles. The molecule has 0 bridgehead atoms. The van der Waals surface area contributed by atoms with Crippen LogP contribution in [-0.2, 0) is 20.1 Å². The molecule has 168 valence electrons. The van der Waals surface area contributed by atoms with Crippen molar-refractivity contribution < 1.29 is 0 Å². The second-order valence-corrected chi connectivity index (χ2v) is 8.03. The summed E-state index contributed by atoms with van der Waals surface area (Å²) < 4.78 is 3.88. The predicted molar refractivity (Wildman–Crippen MR) is 138 cm³/mol. The summed E-state index contributed by atoms with van der Waals surface area (Å²) in [6, 6.07) is 10.2. The van der Waals surface area contributed by atoms with E-state index in [1.807, 2.05) is 66.3 Å². The Morgan fingerprint density at radius 1 is 1.13 bits per heavy atom. The highest BCUT2D eigenvalue weighted by Gasteiger charge is 2.08. The van der Waals surface area contributed by atoms with Crippen molar-refractivity contribution in [2.24, 2.45) is 12.0 Å². The lowest BCUT2D eigenvalue weighted by atomic mass is 10.2. The van der Waals surface area contributed by atoms with Crippen molar-refractivity contribution in [3.63, 3.8) is 0 Å². The quantitative estimate of drug-likeness (QED) is 0.183. The number of halogens is 1. The third-order valence-electron chi connectivity index (χ3n) is 4.78. The molecule has 0 radical (unpaired) electrons. The molecule has 0 unspecified atom stereocenters. The van der Waals surface area contributed by atoms with Crippen LogP contribution >= 0.6 is 35.7 Å². The molecule has 0 aliphatic carbocycles. The van der Waals surface area contributed by atoms with Crippen LogP contribution in [0.25, 0.3) is 5.69 Å². The molecule has 1 aromatic carbocycles. The first-order valence-electron chi connectivity index (χ1n) is 10.0. The summed E-state index contributed by atoms with van der Waals surface area (Å²) in [5.74, 6) is 3.65. The number of para-hydroxylation sites is 1. The SMILES string of the molecule is CSCCCNC(=NCc1ccccc1-n1ccc(C)n1)NCc1nnc(C)n1C.I. The lowest BCUT2D eigenvalue weighted by Crippen LogP contribution is -2.38. The van der Waals surface area contributed by atoms with Crippen LogP contribution in [0.15, 0.2) is 41.5 Å². The summed E-state index contributed by atoms with van der Waals surface area (Å²) in [4.78, 5) is 4.83. The molecule has 0 fully saturated rings. The molecule has 2 N–H and O–H groups in total. The Labute approximate surface area is 205 Å². The van der Waals surface area contributed by atoms with Crippen LogP contribution in [-0.4, -0.2) is 49.1 Å². The molecule has 0 saturated heterocycles. The summed E-state index contributed by atoms with van der Waals surface area (Å²) >= 11 is 1.85. The lowest BCUT2D eigenvalue weighted by Gasteiger charge is -2.13. The number of hydrogen-bond acceptors (Lipinski definition) is 5. The van der Waals surface area contributed by atoms with Gasteiger partial charge in [-0.15, -0.1) is 34.2 Å². The maximum Gasteiger partial charge on any atom is 0.191 e. The van der Waals surface area contributed by atoms with E-state index in [2.05, 4.69) is 44.3 Å². The molecule has 0 amide bonds. The number of aryl methyl sites for hydroxylation is 2. The number of thioether (sulfide) groups is 1. The first-order chi connectivity index (χ1) is 14.6. The maximum atomic E-state index is 4.83. The zero-order valence-electron chi connectivity index (χ0n) is 18.5. The van der Waals surface area contributed by atoms with Gasteiger partial charge in [0.05, 0.1) is 24.5 Å². The highest BCUT2D eigenvalue weighted by molar-refractivity contribution is 14.0. The molecule has 2 aromatic heterocycles. The minimum Gasteiger partial charge on any atom is -0.356 e. The minimum absolute atomic E-state index is 0. The van der Waals surface area contributed by atoms with Crippen molar-refractivity contribution in [1.82, 2.24) is 35.2 Å². The van der Waals surface area contributed by atoms with Gasteiger partial charge in [0.15, 0.2) is 11.8 Å². The molecule has 2 heterocycles. The van der Waals surface area contributed by atoms with Gasteiger partial charge >= 0.3 is 0 Å². The molecule has 3 rings (SSSR count).